The molecule has 1 heterocycles. The topological polar surface area (TPSA) is 114 Å². The molecule has 0 aliphatic rings. The van der Waals surface area contributed by atoms with Gasteiger partial charge in [-0.1, -0.05) is 6.07 Å². The molecular formula is C11H13N3O4. The second kappa shape index (κ2) is 5.76. The normalized spacial score (nSPS) is 9.83. The molecule has 1 rings (SSSR count). The number of nitrogens with zero attached hydrogens (tertiary/aromatic N) is 2. The summed E-state index contributed by atoms with van der Waals surface area (Å²) in [6.07, 6.45) is 0. The van der Waals surface area contributed by atoms with Gasteiger partial charge in [-0.3, -0.25) is 9.59 Å². The minimum Gasteiger partial charge on any atom is -0.477 e. The lowest BCUT2D eigenvalue weighted by molar-refractivity contribution is -0.118. The van der Waals surface area contributed by atoms with Crippen molar-refractivity contribution in [2.45, 2.75) is 6.92 Å². The van der Waals surface area contributed by atoms with Crippen molar-refractivity contribution in [3.05, 3.63) is 29.6 Å². The zero-order valence-electron chi connectivity index (χ0n) is 9.79. The van der Waals surface area contributed by atoms with Crippen molar-refractivity contribution < 1.29 is 19.5 Å². The molecule has 0 aliphatic carbocycles. The quantitative estimate of drug-likeness (QED) is 0.747. The average molecular weight is 251 g/mol. The number of rotatable bonds is 5. The molecule has 7 nitrogen and oxygen atoms in total. The summed E-state index contributed by atoms with van der Waals surface area (Å²) in [5, 5.41) is 8.77. The third-order valence-corrected chi connectivity index (χ3v) is 2.20. The number of primary amides is 1. The van der Waals surface area contributed by atoms with E-state index in [1.165, 1.54) is 23.1 Å². The van der Waals surface area contributed by atoms with Crippen LogP contribution in [0, 0.1) is 0 Å². The minimum absolute atomic E-state index is 0.0296. The second-order valence-corrected chi connectivity index (χ2v) is 3.50. The number of hydrogen-bond donors (Lipinski definition) is 2. The van der Waals surface area contributed by atoms with Crippen LogP contribution >= 0.6 is 0 Å². The van der Waals surface area contributed by atoms with Crippen LogP contribution in [-0.2, 0) is 4.79 Å². The Hall–Kier alpha value is -2.44. The molecule has 1 aromatic heterocycles. The fourth-order valence-corrected chi connectivity index (χ4v) is 1.35. The number of hydrogen-bond acceptors (Lipinski definition) is 4. The van der Waals surface area contributed by atoms with Gasteiger partial charge in [-0.25, -0.2) is 9.78 Å². The van der Waals surface area contributed by atoms with Crippen LogP contribution < -0.4 is 5.73 Å². The Bertz CT molecular complexity index is 487. The summed E-state index contributed by atoms with van der Waals surface area (Å²) >= 11 is 0. The Morgan fingerprint density at radius 1 is 1.33 bits per heavy atom. The maximum Gasteiger partial charge on any atom is 0.354 e. The van der Waals surface area contributed by atoms with E-state index in [4.69, 9.17) is 10.8 Å². The van der Waals surface area contributed by atoms with Gasteiger partial charge >= 0.3 is 5.97 Å². The highest BCUT2D eigenvalue weighted by molar-refractivity contribution is 5.96. The average Bonchev–Trinajstić information content (AvgIpc) is 2.35. The lowest BCUT2D eigenvalue weighted by atomic mass is 10.2. The van der Waals surface area contributed by atoms with Gasteiger partial charge in [0.15, 0.2) is 0 Å². The van der Waals surface area contributed by atoms with Crippen molar-refractivity contribution in [3.63, 3.8) is 0 Å². The molecule has 3 N–H and O–H groups in total. The first-order valence-corrected chi connectivity index (χ1v) is 5.23. The van der Waals surface area contributed by atoms with Crippen molar-refractivity contribution in [2.75, 3.05) is 13.1 Å². The maximum atomic E-state index is 11.9. The molecule has 0 radical (unpaired) electrons. The van der Waals surface area contributed by atoms with E-state index in [2.05, 4.69) is 4.98 Å². The van der Waals surface area contributed by atoms with Crippen LogP contribution in [0.3, 0.4) is 0 Å². The number of aromatic nitrogens is 1. The monoisotopic (exact) mass is 251 g/mol. The van der Waals surface area contributed by atoms with Crippen molar-refractivity contribution in [1.29, 1.82) is 0 Å². The highest BCUT2D eigenvalue weighted by Gasteiger charge is 2.18. The van der Waals surface area contributed by atoms with Crippen LogP contribution in [-0.4, -0.2) is 45.9 Å². The Morgan fingerprint density at radius 2 is 1.94 bits per heavy atom. The van der Waals surface area contributed by atoms with Crippen LogP contribution in [0.15, 0.2) is 18.2 Å². The summed E-state index contributed by atoms with van der Waals surface area (Å²) in [7, 11) is 0. The van der Waals surface area contributed by atoms with Gasteiger partial charge in [0.25, 0.3) is 5.91 Å². The molecule has 0 bridgehead atoms. The van der Waals surface area contributed by atoms with Crippen molar-refractivity contribution in [2.24, 2.45) is 5.73 Å². The van der Waals surface area contributed by atoms with Gasteiger partial charge in [-0.15, -0.1) is 0 Å². The van der Waals surface area contributed by atoms with E-state index in [1.807, 2.05) is 0 Å². The number of nitrogens with two attached hydrogens (primary N) is 1. The molecule has 0 unspecified atom stereocenters. The number of likely N-dealkylation sites (N-methyl/N-ethyl adjacent to an activating group) is 1. The van der Waals surface area contributed by atoms with E-state index < -0.39 is 17.8 Å². The fraction of sp³-hybridized carbons (Fsp3) is 0.273. The van der Waals surface area contributed by atoms with Gasteiger partial charge in [0.2, 0.25) is 5.91 Å². The van der Waals surface area contributed by atoms with Crippen LogP contribution in [0.4, 0.5) is 0 Å². The highest BCUT2D eigenvalue weighted by atomic mass is 16.4. The van der Waals surface area contributed by atoms with E-state index in [1.54, 1.807) is 6.92 Å². The van der Waals surface area contributed by atoms with Crippen LogP contribution in [0.2, 0.25) is 0 Å². The molecule has 0 aliphatic heterocycles. The van der Waals surface area contributed by atoms with Crippen LogP contribution in [0.1, 0.15) is 27.9 Å². The molecule has 0 saturated heterocycles. The second-order valence-electron chi connectivity index (χ2n) is 3.50. The first-order chi connectivity index (χ1) is 8.45. The Morgan fingerprint density at radius 3 is 2.44 bits per heavy atom. The van der Waals surface area contributed by atoms with Gasteiger partial charge in [0.1, 0.15) is 11.4 Å². The number of amides is 2. The Balaban J connectivity index is 2.98. The predicted octanol–water partition coefficient (Wildman–Crippen LogP) is -0.273. The zero-order valence-corrected chi connectivity index (χ0v) is 9.79. The molecule has 18 heavy (non-hydrogen) atoms. The van der Waals surface area contributed by atoms with Gasteiger partial charge in [0, 0.05) is 6.54 Å². The van der Waals surface area contributed by atoms with E-state index in [9.17, 15) is 14.4 Å². The summed E-state index contributed by atoms with van der Waals surface area (Å²) in [5.41, 5.74) is 4.76. The number of pyridine rings is 1. The summed E-state index contributed by atoms with van der Waals surface area (Å²) in [6.45, 7) is 1.73. The van der Waals surface area contributed by atoms with Gasteiger partial charge in [0.05, 0.1) is 6.54 Å². The molecule has 0 atom stereocenters. The number of carboxylic acid groups (broad SMARTS) is 1. The van der Waals surface area contributed by atoms with Crippen LogP contribution in [0.5, 0.6) is 0 Å². The predicted molar refractivity (Wildman–Crippen MR) is 62.0 cm³/mol. The van der Waals surface area contributed by atoms with Crippen molar-refractivity contribution >= 4 is 17.8 Å². The van der Waals surface area contributed by atoms with Gasteiger partial charge < -0.3 is 15.7 Å². The van der Waals surface area contributed by atoms with Gasteiger partial charge in [-0.05, 0) is 19.1 Å². The van der Waals surface area contributed by atoms with E-state index in [0.717, 1.165) is 0 Å². The lowest BCUT2D eigenvalue weighted by Gasteiger charge is -2.18. The first kappa shape index (κ1) is 13.6. The number of carbonyl (C=O) groups excluding carboxylic acids is 2. The van der Waals surface area contributed by atoms with Crippen LogP contribution in [0.25, 0.3) is 0 Å². The fourth-order valence-electron chi connectivity index (χ4n) is 1.35. The molecule has 0 spiro atoms. The Kier molecular flexibility index (Phi) is 4.36. The third-order valence-electron chi connectivity index (χ3n) is 2.20. The molecule has 96 valence electrons. The number of carboxylic acids is 1. The lowest BCUT2D eigenvalue weighted by Crippen LogP contribution is -2.38. The van der Waals surface area contributed by atoms with Crippen molar-refractivity contribution in [1.82, 2.24) is 9.88 Å². The number of aromatic carboxylic acids is 1. The molecule has 0 fully saturated rings. The largest absolute Gasteiger partial charge is 0.477 e. The highest BCUT2D eigenvalue weighted by Crippen LogP contribution is 2.04. The molecule has 0 aromatic carbocycles. The van der Waals surface area contributed by atoms with Gasteiger partial charge in [-0.2, -0.15) is 0 Å². The maximum absolute atomic E-state index is 11.9. The third kappa shape index (κ3) is 3.27. The molecule has 1 aromatic rings. The summed E-state index contributed by atoms with van der Waals surface area (Å²) in [4.78, 5) is 38.4. The van der Waals surface area contributed by atoms with Crippen molar-refractivity contribution in [3.8, 4) is 0 Å². The molecular weight excluding hydrogens is 238 g/mol. The molecule has 7 heteroatoms. The smallest absolute Gasteiger partial charge is 0.354 e. The first-order valence-electron chi connectivity index (χ1n) is 5.23. The van der Waals surface area contributed by atoms with E-state index in [0.29, 0.717) is 0 Å². The Labute approximate surface area is 103 Å². The minimum atomic E-state index is -1.22. The number of carbonyl (C=O) groups is 3. The standard InChI is InChI=1S/C11H13N3O4/c1-2-14(6-9(12)15)10(16)7-4-3-5-8(13-7)11(17)18/h3-5H,2,6H2,1H3,(H2,12,15)(H,17,18). The SMILES string of the molecule is CCN(CC(N)=O)C(=O)c1cccc(C(=O)O)n1. The van der Waals surface area contributed by atoms with E-state index in [-0.39, 0.29) is 24.5 Å². The van der Waals surface area contributed by atoms with E-state index >= 15 is 0 Å². The molecule has 2 amide bonds. The molecule has 0 saturated carbocycles. The summed E-state index contributed by atoms with van der Waals surface area (Å²) in [5.74, 6) is -2.39. The summed E-state index contributed by atoms with van der Waals surface area (Å²) in [6, 6.07) is 4.09. The summed E-state index contributed by atoms with van der Waals surface area (Å²) < 4.78 is 0. The zero-order chi connectivity index (χ0) is 13.7.